The van der Waals surface area contributed by atoms with Gasteiger partial charge in [0.05, 0.1) is 10.5 Å². The number of aromatic carboxylic acids is 1. The largest absolute Gasteiger partial charge is 0.478 e. The van der Waals surface area contributed by atoms with E-state index in [0.717, 1.165) is 11.6 Å². The molecular weight excluding hydrogens is 312 g/mol. The van der Waals surface area contributed by atoms with Gasteiger partial charge in [-0.05, 0) is 47.0 Å². The van der Waals surface area contributed by atoms with E-state index in [0.29, 0.717) is 6.42 Å². The smallest absolute Gasteiger partial charge is 0.337 e. The Hall–Kier alpha value is -1.90. The summed E-state index contributed by atoms with van der Waals surface area (Å²) in [5.41, 5.74) is 6.39. The summed E-state index contributed by atoms with van der Waals surface area (Å²) in [5, 5.41) is 12.9. The number of sulfonamides is 1. The average Bonchev–Trinajstić information content (AvgIpc) is 2.91. The van der Waals surface area contributed by atoms with Crippen molar-refractivity contribution in [2.45, 2.75) is 11.3 Å². The van der Waals surface area contributed by atoms with Crippen molar-refractivity contribution in [3.05, 3.63) is 46.2 Å². The molecule has 0 aliphatic heterocycles. The number of anilines is 1. The first-order chi connectivity index (χ1) is 9.90. The van der Waals surface area contributed by atoms with Crippen LogP contribution >= 0.6 is 11.3 Å². The summed E-state index contributed by atoms with van der Waals surface area (Å²) >= 11 is 1.53. The van der Waals surface area contributed by atoms with E-state index in [1.165, 1.54) is 23.5 Å². The highest BCUT2D eigenvalue weighted by atomic mass is 32.2. The van der Waals surface area contributed by atoms with Gasteiger partial charge in [-0.15, -0.1) is 0 Å². The molecule has 1 aromatic heterocycles. The van der Waals surface area contributed by atoms with E-state index in [-0.39, 0.29) is 22.7 Å². The molecule has 0 amide bonds. The van der Waals surface area contributed by atoms with Gasteiger partial charge >= 0.3 is 5.97 Å². The number of nitrogens with one attached hydrogen (secondary N) is 1. The van der Waals surface area contributed by atoms with Gasteiger partial charge in [-0.2, -0.15) is 11.3 Å². The number of carbonyl (C=O) groups is 1. The van der Waals surface area contributed by atoms with Gasteiger partial charge in [-0.3, -0.25) is 0 Å². The van der Waals surface area contributed by atoms with E-state index < -0.39 is 16.0 Å². The molecule has 0 atom stereocenters. The number of nitrogens with two attached hydrogens (primary N) is 1. The number of thiophene rings is 1. The quantitative estimate of drug-likeness (QED) is 0.698. The van der Waals surface area contributed by atoms with Crippen LogP contribution in [0, 0.1) is 0 Å². The minimum Gasteiger partial charge on any atom is -0.478 e. The lowest BCUT2D eigenvalue weighted by Crippen LogP contribution is -2.27. The number of hydrogen-bond acceptors (Lipinski definition) is 5. The highest BCUT2D eigenvalue weighted by molar-refractivity contribution is 7.89. The second-order valence-electron chi connectivity index (χ2n) is 4.34. The third-order valence-electron chi connectivity index (χ3n) is 2.81. The standard InChI is InChI=1S/C13H14N2O4S2/c14-10-1-2-12(11(7-10)13(16)17)21(18,19)15-5-3-9-4-6-20-8-9/h1-2,4,6-8,15H,3,5,14H2,(H,16,17). The number of hydrogen-bond donors (Lipinski definition) is 3. The van der Waals surface area contributed by atoms with Gasteiger partial charge in [0.15, 0.2) is 0 Å². The van der Waals surface area contributed by atoms with Gasteiger partial charge in [-0.25, -0.2) is 17.9 Å². The van der Waals surface area contributed by atoms with Crippen molar-refractivity contribution in [3.63, 3.8) is 0 Å². The molecule has 0 saturated heterocycles. The predicted molar refractivity (Wildman–Crippen MR) is 81.0 cm³/mol. The molecule has 0 aliphatic rings. The zero-order valence-corrected chi connectivity index (χ0v) is 12.6. The molecule has 1 aromatic carbocycles. The molecule has 1 heterocycles. The summed E-state index contributed by atoms with van der Waals surface area (Å²) in [6.07, 6.45) is 0.542. The molecule has 8 heteroatoms. The van der Waals surface area contributed by atoms with Crippen molar-refractivity contribution >= 4 is 33.0 Å². The van der Waals surface area contributed by atoms with Crippen molar-refractivity contribution in [1.82, 2.24) is 4.72 Å². The van der Waals surface area contributed by atoms with Crippen molar-refractivity contribution in [2.75, 3.05) is 12.3 Å². The average molecular weight is 326 g/mol. The van der Waals surface area contributed by atoms with Crippen molar-refractivity contribution < 1.29 is 18.3 Å². The Kier molecular flexibility index (Phi) is 4.61. The van der Waals surface area contributed by atoms with E-state index >= 15 is 0 Å². The molecule has 0 bridgehead atoms. The Labute approximate surface area is 126 Å². The van der Waals surface area contributed by atoms with Gasteiger partial charge in [-0.1, -0.05) is 0 Å². The Morgan fingerprint density at radius 2 is 2.10 bits per heavy atom. The molecular formula is C13H14N2O4S2. The number of carboxylic acids is 1. The minimum atomic E-state index is -3.89. The molecule has 0 fully saturated rings. The normalized spacial score (nSPS) is 11.4. The van der Waals surface area contributed by atoms with Crippen LogP contribution in [0.2, 0.25) is 0 Å². The first-order valence-corrected chi connectivity index (χ1v) is 8.46. The van der Waals surface area contributed by atoms with Crippen molar-refractivity contribution in [2.24, 2.45) is 0 Å². The Bertz CT molecular complexity index is 740. The SMILES string of the molecule is Nc1ccc(S(=O)(=O)NCCc2ccsc2)c(C(=O)O)c1. The molecule has 112 valence electrons. The predicted octanol–water partition coefficient (Wildman–Crippen LogP) is 1.55. The van der Waals surface area contributed by atoms with Gasteiger partial charge in [0, 0.05) is 12.2 Å². The van der Waals surface area contributed by atoms with Crippen LogP contribution in [0.1, 0.15) is 15.9 Å². The van der Waals surface area contributed by atoms with Crippen LogP contribution in [-0.2, 0) is 16.4 Å². The molecule has 0 spiro atoms. The molecule has 21 heavy (non-hydrogen) atoms. The second-order valence-corrected chi connectivity index (χ2v) is 6.86. The van der Waals surface area contributed by atoms with Gasteiger partial charge in [0.25, 0.3) is 0 Å². The summed E-state index contributed by atoms with van der Waals surface area (Å²) in [6.45, 7) is 0.197. The number of nitrogen functional groups attached to an aromatic ring is 1. The fraction of sp³-hybridized carbons (Fsp3) is 0.154. The topological polar surface area (TPSA) is 109 Å². The van der Waals surface area contributed by atoms with Gasteiger partial charge in [0.1, 0.15) is 0 Å². The lowest BCUT2D eigenvalue weighted by Gasteiger charge is -2.09. The zero-order valence-electron chi connectivity index (χ0n) is 10.9. The maximum Gasteiger partial charge on any atom is 0.337 e. The summed E-state index contributed by atoms with van der Waals surface area (Å²) in [4.78, 5) is 10.9. The summed E-state index contributed by atoms with van der Waals surface area (Å²) in [5.74, 6) is -1.33. The highest BCUT2D eigenvalue weighted by Gasteiger charge is 2.22. The highest BCUT2D eigenvalue weighted by Crippen LogP contribution is 2.19. The van der Waals surface area contributed by atoms with Crippen LogP contribution in [0.4, 0.5) is 5.69 Å². The summed E-state index contributed by atoms with van der Waals surface area (Å²) in [7, 11) is -3.89. The molecule has 4 N–H and O–H groups in total. The van der Waals surface area contributed by atoms with E-state index in [2.05, 4.69) is 4.72 Å². The van der Waals surface area contributed by atoms with Crippen LogP contribution in [0.3, 0.4) is 0 Å². The van der Waals surface area contributed by atoms with Crippen LogP contribution in [0.25, 0.3) is 0 Å². The minimum absolute atomic E-state index is 0.197. The first-order valence-electron chi connectivity index (χ1n) is 6.04. The van der Waals surface area contributed by atoms with E-state index in [9.17, 15) is 13.2 Å². The van der Waals surface area contributed by atoms with Crippen LogP contribution < -0.4 is 10.5 Å². The molecule has 2 aromatic rings. The van der Waals surface area contributed by atoms with Crippen molar-refractivity contribution in [1.29, 1.82) is 0 Å². The zero-order chi connectivity index (χ0) is 15.5. The fourth-order valence-electron chi connectivity index (χ4n) is 1.79. The Morgan fingerprint density at radius 3 is 2.71 bits per heavy atom. The maximum absolute atomic E-state index is 12.2. The molecule has 0 radical (unpaired) electrons. The van der Waals surface area contributed by atoms with Gasteiger partial charge < -0.3 is 10.8 Å². The van der Waals surface area contributed by atoms with Crippen LogP contribution in [-0.4, -0.2) is 26.0 Å². The lowest BCUT2D eigenvalue weighted by atomic mass is 10.2. The van der Waals surface area contributed by atoms with Gasteiger partial charge in [0.2, 0.25) is 10.0 Å². The molecule has 2 rings (SSSR count). The molecule has 0 aliphatic carbocycles. The third-order valence-corrected chi connectivity index (χ3v) is 5.06. The lowest BCUT2D eigenvalue weighted by molar-refractivity contribution is 0.0692. The van der Waals surface area contributed by atoms with E-state index in [1.807, 2.05) is 16.8 Å². The Morgan fingerprint density at radius 1 is 1.33 bits per heavy atom. The fourth-order valence-corrected chi connectivity index (χ4v) is 3.70. The summed E-state index contributed by atoms with van der Waals surface area (Å²) < 4.78 is 26.8. The van der Waals surface area contributed by atoms with E-state index in [1.54, 1.807) is 0 Å². The monoisotopic (exact) mass is 326 g/mol. The van der Waals surface area contributed by atoms with E-state index in [4.69, 9.17) is 10.8 Å². The second kappa shape index (κ2) is 6.25. The number of carboxylic acid groups (broad SMARTS) is 1. The maximum atomic E-state index is 12.2. The van der Waals surface area contributed by atoms with Crippen molar-refractivity contribution in [3.8, 4) is 0 Å². The first kappa shape index (κ1) is 15.5. The number of rotatable bonds is 6. The molecule has 6 nitrogen and oxygen atoms in total. The molecule has 0 saturated carbocycles. The van der Waals surface area contributed by atoms with Crippen LogP contribution in [0.15, 0.2) is 39.9 Å². The third kappa shape index (κ3) is 3.81. The molecule has 0 unspecified atom stereocenters. The summed E-state index contributed by atoms with van der Waals surface area (Å²) in [6, 6.07) is 5.60. The van der Waals surface area contributed by atoms with Crippen LogP contribution in [0.5, 0.6) is 0 Å². The Balaban J connectivity index is 2.17. The number of benzene rings is 1.